The molecule has 1 aromatic heterocycles. The third kappa shape index (κ3) is 2.74. The number of nitrogens with one attached hydrogen (secondary N) is 1. The summed E-state index contributed by atoms with van der Waals surface area (Å²) < 4.78 is 25.1. The molecule has 0 fully saturated rings. The van der Waals surface area contributed by atoms with Gasteiger partial charge in [0.05, 0.1) is 22.9 Å². The monoisotopic (exact) mass is 339 g/mol. The van der Waals surface area contributed by atoms with Crippen LogP contribution in [0.15, 0.2) is 24.3 Å². The average Bonchev–Trinajstić information content (AvgIpc) is 2.93. The van der Waals surface area contributed by atoms with Crippen LogP contribution in [0, 0.1) is 0 Å². The largest absolute Gasteiger partial charge is 0.310 e. The van der Waals surface area contributed by atoms with E-state index in [1.807, 2.05) is 0 Å². The Bertz CT molecular complexity index is 841. The Balaban J connectivity index is 2.11. The molecule has 0 saturated carbocycles. The summed E-state index contributed by atoms with van der Waals surface area (Å²) in [4.78, 5) is 11.8. The van der Waals surface area contributed by atoms with Crippen molar-refractivity contribution in [2.45, 2.75) is 24.9 Å². The highest BCUT2D eigenvalue weighted by atomic mass is 35.5. The van der Waals surface area contributed by atoms with Gasteiger partial charge in [0, 0.05) is 17.0 Å². The van der Waals surface area contributed by atoms with Gasteiger partial charge >= 0.3 is 0 Å². The van der Waals surface area contributed by atoms with Gasteiger partial charge in [-0.15, -0.1) is 0 Å². The molecule has 0 unspecified atom stereocenters. The number of amides is 1. The molecule has 1 aromatic carbocycles. The van der Waals surface area contributed by atoms with Gasteiger partial charge in [0.15, 0.2) is 9.84 Å². The molecule has 0 radical (unpaired) electrons. The fourth-order valence-electron chi connectivity index (χ4n) is 2.36. The van der Waals surface area contributed by atoms with Gasteiger partial charge in [-0.3, -0.25) is 4.79 Å². The number of halogens is 1. The fourth-order valence-corrected chi connectivity index (χ4v) is 3.98. The highest BCUT2D eigenvalue weighted by Crippen LogP contribution is 2.33. The Morgan fingerprint density at radius 2 is 2.00 bits per heavy atom. The molecule has 116 valence electrons. The normalized spacial score (nSPS) is 15.5. The fraction of sp³-hybridized carbons (Fsp3) is 0.286. The second-order valence-corrected chi connectivity index (χ2v) is 7.60. The summed E-state index contributed by atoms with van der Waals surface area (Å²) in [6.45, 7) is 1.73. The lowest BCUT2D eigenvalue weighted by Crippen LogP contribution is -2.15. The molecule has 0 atom stereocenters. The Morgan fingerprint density at radius 1 is 1.32 bits per heavy atom. The number of carbonyl (C=O) groups excluding carboxylic acids is 1. The minimum Gasteiger partial charge on any atom is -0.310 e. The molecule has 1 aliphatic rings. The average molecular weight is 340 g/mol. The van der Waals surface area contributed by atoms with Gasteiger partial charge in [0.25, 0.3) is 0 Å². The molecule has 1 amide bonds. The molecule has 1 N–H and O–H groups in total. The van der Waals surface area contributed by atoms with E-state index < -0.39 is 9.84 Å². The van der Waals surface area contributed by atoms with Crippen LogP contribution in [0.5, 0.6) is 0 Å². The molecule has 0 spiro atoms. The molecular weight excluding hydrogens is 326 g/mol. The van der Waals surface area contributed by atoms with Crippen LogP contribution in [0.3, 0.4) is 0 Å². The predicted octanol–water partition coefficient (Wildman–Crippen LogP) is 2.30. The molecule has 22 heavy (non-hydrogen) atoms. The third-order valence-electron chi connectivity index (χ3n) is 3.44. The number of hydrogen-bond donors (Lipinski definition) is 1. The number of benzene rings is 1. The van der Waals surface area contributed by atoms with Crippen molar-refractivity contribution in [1.29, 1.82) is 0 Å². The molecular formula is C14H14ClN3O3S. The van der Waals surface area contributed by atoms with Crippen LogP contribution >= 0.6 is 11.6 Å². The zero-order chi connectivity index (χ0) is 15.9. The number of rotatable bonds is 3. The maximum atomic E-state index is 11.8. The molecule has 0 bridgehead atoms. The maximum Gasteiger partial charge on any atom is 0.225 e. The lowest BCUT2D eigenvalue weighted by molar-refractivity contribution is -0.115. The number of fused-ring (bicyclic) bond motifs is 1. The first kappa shape index (κ1) is 15.1. The zero-order valence-electron chi connectivity index (χ0n) is 11.8. The van der Waals surface area contributed by atoms with E-state index in [2.05, 4.69) is 10.4 Å². The van der Waals surface area contributed by atoms with Crippen molar-refractivity contribution in [3.63, 3.8) is 0 Å². The molecule has 0 aliphatic carbocycles. The second-order valence-electron chi connectivity index (χ2n) is 5.10. The summed E-state index contributed by atoms with van der Waals surface area (Å²) in [5.41, 5.74) is 1.76. The lowest BCUT2D eigenvalue weighted by Gasteiger charge is -2.10. The van der Waals surface area contributed by atoms with Crippen molar-refractivity contribution in [3.8, 4) is 5.69 Å². The summed E-state index contributed by atoms with van der Waals surface area (Å²) in [6, 6.07) is 6.96. The van der Waals surface area contributed by atoms with Crippen molar-refractivity contribution in [1.82, 2.24) is 9.78 Å². The van der Waals surface area contributed by atoms with Gasteiger partial charge in [-0.05, 0) is 24.3 Å². The molecule has 0 saturated heterocycles. The standard InChI is InChI=1S/C14H14ClN3O3S/c1-2-13(19)16-14-11-7-22(20,21)8-12(11)17-18(14)10-5-3-9(15)4-6-10/h3-6H,2,7-8H2,1H3,(H,16,19). The first-order valence-corrected chi connectivity index (χ1v) is 8.96. The minimum atomic E-state index is -3.18. The lowest BCUT2D eigenvalue weighted by atomic mass is 10.2. The predicted molar refractivity (Wildman–Crippen MR) is 83.8 cm³/mol. The summed E-state index contributed by atoms with van der Waals surface area (Å²) >= 11 is 5.88. The van der Waals surface area contributed by atoms with Gasteiger partial charge in [-0.2, -0.15) is 5.10 Å². The molecule has 2 aromatic rings. The van der Waals surface area contributed by atoms with Crippen molar-refractivity contribution in [2.75, 3.05) is 5.32 Å². The van der Waals surface area contributed by atoms with Crippen LogP contribution in [0.4, 0.5) is 5.82 Å². The minimum absolute atomic E-state index is 0.0993. The van der Waals surface area contributed by atoms with Crippen LogP contribution in [0.25, 0.3) is 5.69 Å². The Hall–Kier alpha value is -1.86. The molecule has 1 aliphatic heterocycles. The molecule has 2 heterocycles. The van der Waals surface area contributed by atoms with Crippen LogP contribution in [0.2, 0.25) is 5.02 Å². The van der Waals surface area contributed by atoms with Crippen LogP contribution < -0.4 is 5.32 Å². The summed E-state index contributed by atoms with van der Waals surface area (Å²) in [5, 5.41) is 7.70. The Morgan fingerprint density at radius 3 is 2.64 bits per heavy atom. The van der Waals surface area contributed by atoms with Gasteiger partial charge < -0.3 is 5.32 Å². The van der Waals surface area contributed by atoms with E-state index >= 15 is 0 Å². The highest BCUT2D eigenvalue weighted by molar-refractivity contribution is 7.90. The molecule has 6 nitrogen and oxygen atoms in total. The quantitative estimate of drug-likeness (QED) is 0.930. The van der Waals surface area contributed by atoms with E-state index in [9.17, 15) is 13.2 Å². The number of aromatic nitrogens is 2. The number of hydrogen-bond acceptors (Lipinski definition) is 4. The molecule has 3 rings (SSSR count). The summed E-state index contributed by atoms with van der Waals surface area (Å²) in [7, 11) is -3.18. The summed E-state index contributed by atoms with van der Waals surface area (Å²) in [6.07, 6.45) is 0.299. The van der Waals surface area contributed by atoms with Crippen molar-refractivity contribution in [2.24, 2.45) is 0 Å². The van der Waals surface area contributed by atoms with E-state index in [0.717, 1.165) is 0 Å². The van der Waals surface area contributed by atoms with E-state index in [1.165, 1.54) is 0 Å². The number of anilines is 1. The third-order valence-corrected chi connectivity index (χ3v) is 5.13. The van der Waals surface area contributed by atoms with Gasteiger partial charge in [-0.25, -0.2) is 13.1 Å². The first-order chi connectivity index (χ1) is 10.4. The van der Waals surface area contributed by atoms with E-state index in [-0.39, 0.29) is 17.4 Å². The SMILES string of the molecule is CCC(=O)Nc1c2c(nn1-c1ccc(Cl)cc1)CS(=O)(=O)C2. The van der Waals surface area contributed by atoms with Crippen LogP contribution in [-0.4, -0.2) is 24.1 Å². The second kappa shape index (κ2) is 5.40. The zero-order valence-corrected chi connectivity index (χ0v) is 13.4. The topological polar surface area (TPSA) is 81.1 Å². The number of nitrogens with zero attached hydrogens (tertiary/aromatic N) is 2. The van der Waals surface area contributed by atoms with Crippen LogP contribution in [0.1, 0.15) is 24.6 Å². The van der Waals surface area contributed by atoms with Gasteiger partial charge in [0.1, 0.15) is 5.82 Å². The van der Waals surface area contributed by atoms with E-state index in [4.69, 9.17) is 11.6 Å². The first-order valence-electron chi connectivity index (χ1n) is 6.76. The van der Waals surface area contributed by atoms with Crippen LogP contribution in [-0.2, 0) is 26.1 Å². The number of sulfone groups is 1. The highest BCUT2D eigenvalue weighted by Gasteiger charge is 2.33. The molecule has 8 heteroatoms. The van der Waals surface area contributed by atoms with Crippen molar-refractivity contribution in [3.05, 3.63) is 40.5 Å². The van der Waals surface area contributed by atoms with E-state index in [0.29, 0.717) is 34.2 Å². The Labute approximate surface area is 133 Å². The van der Waals surface area contributed by atoms with Gasteiger partial charge in [0.2, 0.25) is 5.91 Å². The van der Waals surface area contributed by atoms with Crippen molar-refractivity contribution < 1.29 is 13.2 Å². The maximum absolute atomic E-state index is 11.8. The summed E-state index contributed by atoms with van der Waals surface area (Å²) in [5.74, 6) is 0.0279. The number of carbonyl (C=O) groups is 1. The van der Waals surface area contributed by atoms with Crippen molar-refractivity contribution >= 4 is 33.2 Å². The smallest absolute Gasteiger partial charge is 0.225 e. The van der Waals surface area contributed by atoms with E-state index in [1.54, 1.807) is 35.9 Å². The van der Waals surface area contributed by atoms with Gasteiger partial charge in [-0.1, -0.05) is 18.5 Å². The Kier molecular flexibility index (Phi) is 3.70.